The number of amides is 1. The molecule has 0 saturated carbocycles. The molecule has 2 rings (SSSR count). The van der Waals surface area contributed by atoms with Crippen LogP contribution in [-0.4, -0.2) is 10.9 Å². The molecule has 100 valence electrons. The van der Waals surface area contributed by atoms with Crippen molar-refractivity contribution < 1.29 is 13.6 Å². The lowest BCUT2D eigenvalue weighted by molar-refractivity contribution is 0.0994. The standard InChI is InChI=1S/C13H12BrFN2O2/c1-6-4-10(15)9(14)5-11(6)17-13(18)12-7(2)16-8(3)19-12/h4-5H,1-3H3,(H,17,18). The third kappa shape index (κ3) is 2.84. The molecule has 0 aliphatic rings. The third-order valence-electron chi connectivity index (χ3n) is 2.63. The second-order valence-electron chi connectivity index (χ2n) is 4.18. The summed E-state index contributed by atoms with van der Waals surface area (Å²) < 4.78 is 18.8. The summed E-state index contributed by atoms with van der Waals surface area (Å²) in [6.07, 6.45) is 0. The topological polar surface area (TPSA) is 55.1 Å². The molecule has 0 aliphatic heterocycles. The van der Waals surface area contributed by atoms with Gasteiger partial charge in [0.1, 0.15) is 5.82 Å². The molecule has 6 heteroatoms. The van der Waals surface area contributed by atoms with Crippen molar-refractivity contribution in [1.82, 2.24) is 4.98 Å². The van der Waals surface area contributed by atoms with Crippen LogP contribution in [0.1, 0.15) is 27.7 Å². The minimum Gasteiger partial charge on any atom is -0.436 e. The molecular formula is C13H12BrFN2O2. The average molecular weight is 327 g/mol. The van der Waals surface area contributed by atoms with Crippen molar-refractivity contribution >= 4 is 27.5 Å². The van der Waals surface area contributed by atoms with Crippen LogP contribution in [0.25, 0.3) is 0 Å². The van der Waals surface area contributed by atoms with Crippen molar-refractivity contribution in [2.75, 3.05) is 5.32 Å². The number of aromatic nitrogens is 1. The Bertz CT molecular complexity index is 652. The van der Waals surface area contributed by atoms with Crippen LogP contribution in [-0.2, 0) is 0 Å². The van der Waals surface area contributed by atoms with E-state index in [0.717, 1.165) is 0 Å². The highest BCUT2D eigenvalue weighted by molar-refractivity contribution is 9.10. The Morgan fingerprint density at radius 1 is 1.37 bits per heavy atom. The fourth-order valence-electron chi connectivity index (χ4n) is 1.70. The Balaban J connectivity index is 2.29. The number of nitrogens with zero attached hydrogens (tertiary/aromatic N) is 1. The second kappa shape index (κ2) is 5.13. The van der Waals surface area contributed by atoms with Crippen LogP contribution < -0.4 is 5.32 Å². The first-order chi connectivity index (χ1) is 8.88. The molecule has 1 aromatic heterocycles. The van der Waals surface area contributed by atoms with Gasteiger partial charge in [-0.1, -0.05) is 0 Å². The highest BCUT2D eigenvalue weighted by Gasteiger charge is 2.17. The normalized spacial score (nSPS) is 10.6. The first-order valence-corrected chi connectivity index (χ1v) is 6.39. The molecule has 0 atom stereocenters. The summed E-state index contributed by atoms with van der Waals surface area (Å²) in [5.74, 6) is -0.182. The molecule has 1 heterocycles. The minimum atomic E-state index is -0.403. The predicted molar refractivity (Wildman–Crippen MR) is 72.8 cm³/mol. The van der Waals surface area contributed by atoms with E-state index in [2.05, 4.69) is 26.2 Å². The Morgan fingerprint density at radius 2 is 2.05 bits per heavy atom. The molecule has 0 saturated heterocycles. The molecular weight excluding hydrogens is 315 g/mol. The van der Waals surface area contributed by atoms with Gasteiger partial charge in [-0.3, -0.25) is 4.79 Å². The van der Waals surface area contributed by atoms with Crippen molar-refractivity contribution in [3.63, 3.8) is 0 Å². The van der Waals surface area contributed by atoms with Crippen LogP contribution in [0, 0.1) is 26.6 Å². The Labute approximate surface area is 118 Å². The fourth-order valence-corrected chi connectivity index (χ4v) is 2.05. The number of anilines is 1. The Morgan fingerprint density at radius 3 is 2.63 bits per heavy atom. The first kappa shape index (κ1) is 13.7. The van der Waals surface area contributed by atoms with Crippen LogP contribution in [0.15, 0.2) is 21.0 Å². The van der Waals surface area contributed by atoms with Gasteiger partial charge in [-0.05, 0) is 47.5 Å². The van der Waals surface area contributed by atoms with Crippen LogP contribution in [0.3, 0.4) is 0 Å². The van der Waals surface area contributed by atoms with Crippen LogP contribution in [0.4, 0.5) is 10.1 Å². The summed E-state index contributed by atoms with van der Waals surface area (Å²) in [6, 6.07) is 2.86. The van der Waals surface area contributed by atoms with Crippen molar-refractivity contribution in [1.29, 1.82) is 0 Å². The maximum atomic E-state index is 13.3. The van der Waals surface area contributed by atoms with Gasteiger partial charge in [0.15, 0.2) is 5.89 Å². The van der Waals surface area contributed by atoms with E-state index in [1.165, 1.54) is 12.1 Å². The van der Waals surface area contributed by atoms with Gasteiger partial charge in [-0.2, -0.15) is 0 Å². The molecule has 2 aromatic rings. The molecule has 19 heavy (non-hydrogen) atoms. The number of rotatable bonds is 2. The number of halogens is 2. The van der Waals surface area contributed by atoms with Crippen LogP contribution in [0.5, 0.6) is 0 Å². The van der Waals surface area contributed by atoms with E-state index < -0.39 is 5.91 Å². The lowest BCUT2D eigenvalue weighted by atomic mass is 10.2. The van der Waals surface area contributed by atoms with Crippen molar-refractivity contribution in [2.45, 2.75) is 20.8 Å². The highest BCUT2D eigenvalue weighted by atomic mass is 79.9. The summed E-state index contributed by atoms with van der Waals surface area (Å²) in [4.78, 5) is 16.1. The molecule has 4 nitrogen and oxygen atoms in total. The monoisotopic (exact) mass is 326 g/mol. The van der Waals surface area contributed by atoms with Gasteiger partial charge in [0.25, 0.3) is 5.91 Å². The maximum Gasteiger partial charge on any atom is 0.293 e. The van der Waals surface area contributed by atoms with Gasteiger partial charge in [0, 0.05) is 12.6 Å². The summed E-state index contributed by atoms with van der Waals surface area (Å²) >= 11 is 3.08. The van der Waals surface area contributed by atoms with Gasteiger partial charge in [-0.25, -0.2) is 9.37 Å². The number of nitrogens with one attached hydrogen (secondary N) is 1. The number of carbonyl (C=O) groups is 1. The molecule has 0 spiro atoms. The van der Waals surface area contributed by atoms with Crippen molar-refractivity contribution in [2.24, 2.45) is 0 Å². The molecule has 1 aromatic carbocycles. The second-order valence-corrected chi connectivity index (χ2v) is 5.04. The zero-order chi connectivity index (χ0) is 14.2. The third-order valence-corrected chi connectivity index (χ3v) is 3.23. The van der Waals surface area contributed by atoms with E-state index in [-0.39, 0.29) is 11.6 Å². The largest absolute Gasteiger partial charge is 0.436 e. The van der Waals surface area contributed by atoms with Crippen LogP contribution in [0.2, 0.25) is 0 Å². The average Bonchev–Trinajstić information content (AvgIpc) is 2.65. The maximum absolute atomic E-state index is 13.3. The molecule has 1 amide bonds. The van der Waals surface area contributed by atoms with Gasteiger partial charge in [0.2, 0.25) is 5.76 Å². The van der Waals surface area contributed by atoms with E-state index in [0.29, 0.717) is 27.3 Å². The van der Waals surface area contributed by atoms with Crippen LogP contribution >= 0.6 is 15.9 Å². The predicted octanol–water partition coefficient (Wildman–Crippen LogP) is 3.75. The summed E-state index contributed by atoms with van der Waals surface area (Å²) in [6.45, 7) is 5.08. The first-order valence-electron chi connectivity index (χ1n) is 5.59. The lowest BCUT2D eigenvalue weighted by Crippen LogP contribution is -2.13. The number of hydrogen-bond acceptors (Lipinski definition) is 3. The zero-order valence-electron chi connectivity index (χ0n) is 10.7. The summed E-state index contributed by atoms with van der Waals surface area (Å²) in [5, 5.41) is 2.68. The quantitative estimate of drug-likeness (QED) is 0.914. The summed E-state index contributed by atoms with van der Waals surface area (Å²) in [7, 11) is 0. The minimum absolute atomic E-state index is 0.164. The number of aryl methyl sites for hydroxylation is 3. The number of carbonyl (C=O) groups excluding carboxylic acids is 1. The summed E-state index contributed by atoms with van der Waals surface area (Å²) in [5.41, 5.74) is 1.67. The Kier molecular flexibility index (Phi) is 3.71. The van der Waals surface area contributed by atoms with Gasteiger partial charge < -0.3 is 9.73 Å². The fraction of sp³-hybridized carbons (Fsp3) is 0.231. The molecule has 0 radical (unpaired) electrons. The van der Waals surface area contributed by atoms with E-state index in [9.17, 15) is 9.18 Å². The van der Waals surface area contributed by atoms with Crippen molar-refractivity contribution in [3.8, 4) is 0 Å². The molecule has 0 aliphatic carbocycles. The van der Waals surface area contributed by atoms with E-state index in [1.807, 2.05) is 0 Å². The molecule has 1 N–H and O–H groups in total. The smallest absolute Gasteiger partial charge is 0.293 e. The molecule has 0 bridgehead atoms. The van der Waals surface area contributed by atoms with E-state index in [4.69, 9.17) is 4.42 Å². The number of benzene rings is 1. The van der Waals surface area contributed by atoms with Gasteiger partial charge >= 0.3 is 0 Å². The Hall–Kier alpha value is -1.69. The highest BCUT2D eigenvalue weighted by Crippen LogP contribution is 2.25. The van der Waals surface area contributed by atoms with Gasteiger partial charge in [0.05, 0.1) is 10.2 Å². The van der Waals surface area contributed by atoms with Crippen molar-refractivity contribution in [3.05, 3.63) is 45.3 Å². The number of hydrogen-bond donors (Lipinski definition) is 1. The lowest BCUT2D eigenvalue weighted by Gasteiger charge is -2.08. The van der Waals surface area contributed by atoms with E-state index in [1.54, 1.807) is 20.8 Å². The molecule has 0 unspecified atom stereocenters. The van der Waals surface area contributed by atoms with E-state index >= 15 is 0 Å². The van der Waals surface area contributed by atoms with Gasteiger partial charge in [-0.15, -0.1) is 0 Å². The molecule has 0 fully saturated rings. The SMILES string of the molecule is Cc1nc(C)c(C(=O)Nc2cc(Br)c(F)cc2C)o1. The number of oxazole rings is 1. The zero-order valence-corrected chi connectivity index (χ0v) is 12.3.